The summed E-state index contributed by atoms with van der Waals surface area (Å²) < 4.78 is 0. The Hall–Kier alpha value is -1.62. The maximum Gasteiger partial charge on any atom is 0.255 e. The average Bonchev–Trinajstić information content (AvgIpc) is 2.28. The number of rotatable bonds is 5. The number of nitrogen functional groups attached to an aromatic ring is 1. The first-order valence-corrected chi connectivity index (χ1v) is 5.82. The number of carbonyl (C=O) groups excluding carboxylic acids is 1. The van der Waals surface area contributed by atoms with Crippen molar-refractivity contribution >= 4 is 11.6 Å². The number of aryl methyl sites for hydroxylation is 1. The highest BCUT2D eigenvalue weighted by atomic mass is 16.1. The molecule has 4 N–H and O–H groups in total. The van der Waals surface area contributed by atoms with Gasteiger partial charge in [-0.05, 0) is 26.3 Å². The van der Waals surface area contributed by atoms with Crippen LogP contribution in [0.2, 0.25) is 0 Å². The number of anilines is 1. The summed E-state index contributed by atoms with van der Waals surface area (Å²) in [4.78, 5) is 16.1. The molecule has 1 aromatic rings. The first-order chi connectivity index (χ1) is 8.08. The van der Waals surface area contributed by atoms with Gasteiger partial charge in [0, 0.05) is 17.9 Å². The number of hydrogen-bond acceptors (Lipinski definition) is 4. The third kappa shape index (κ3) is 3.71. The van der Waals surface area contributed by atoms with E-state index in [0.717, 1.165) is 18.5 Å². The first kappa shape index (κ1) is 13.4. The summed E-state index contributed by atoms with van der Waals surface area (Å²) in [5.41, 5.74) is 4.41. The summed E-state index contributed by atoms with van der Waals surface area (Å²) in [7, 11) is 0. The van der Waals surface area contributed by atoms with Gasteiger partial charge in [-0.2, -0.15) is 0 Å². The molecule has 1 aromatic heterocycles. The molecule has 0 saturated heterocycles. The molecule has 0 bridgehead atoms. The monoisotopic (exact) mass is 236 g/mol. The van der Waals surface area contributed by atoms with Gasteiger partial charge in [-0.3, -0.25) is 15.6 Å². The zero-order chi connectivity index (χ0) is 12.8. The van der Waals surface area contributed by atoms with E-state index < -0.39 is 0 Å². The predicted octanol–water partition coefficient (Wildman–Crippen LogP) is 1.59. The lowest BCUT2D eigenvalue weighted by atomic mass is 10.1. The molecule has 1 atom stereocenters. The summed E-state index contributed by atoms with van der Waals surface area (Å²) in [5.74, 6) is 5.24. The Balaban J connectivity index is 2.81. The van der Waals surface area contributed by atoms with Crippen molar-refractivity contribution in [1.29, 1.82) is 0 Å². The van der Waals surface area contributed by atoms with Crippen LogP contribution < -0.4 is 16.6 Å². The van der Waals surface area contributed by atoms with Gasteiger partial charge in [0.05, 0.1) is 11.3 Å². The van der Waals surface area contributed by atoms with Crippen LogP contribution in [0.4, 0.5) is 5.69 Å². The predicted molar refractivity (Wildman–Crippen MR) is 68.6 cm³/mol. The number of pyridine rings is 1. The van der Waals surface area contributed by atoms with Gasteiger partial charge in [-0.1, -0.05) is 13.3 Å². The van der Waals surface area contributed by atoms with Gasteiger partial charge in [0.15, 0.2) is 0 Å². The Morgan fingerprint density at radius 3 is 2.88 bits per heavy atom. The Bertz CT molecular complexity index is 392. The van der Waals surface area contributed by atoms with E-state index in [1.807, 2.05) is 13.8 Å². The van der Waals surface area contributed by atoms with Gasteiger partial charge >= 0.3 is 0 Å². The number of amides is 1. The molecular weight excluding hydrogens is 216 g/mol. The second kappa shape index (κ2) is 6.20. The molecule has 5 heteroatoms. The van der Waals surface area contributed by atoms with Gasteiger partial charge in [-0.15, -0.1) is 0 Å². The van der Waals surface area contributed by atoms with E-state index in [-0.39, 0.29) is 11.9 Å². The Labute approximate surface area is 102 Å². The van der Waals surface area contributed by atoms with E-state index in [2.05, 4.69) is 22.7 Å². The second-order valence-electron chi connectivity index (χ2n) is 4.18. The van der Waals surface area contributed by atoms with Crippen molar-refractivity contribution in [1.82, 2.24) is 10.3 Å². The van der Waals surface area contributed by atoms with Crippen molar-refractivity contribution in [2.75, 3.05) is 5.43 Å². The Kier molecular flexibility index (Phi) is 4.90. The lowest BCUT2D eigenvalue weighted by Crippen LogP contribution is -2.33. The van der Waals surface area contributed by atoms with E-state index in [4.69, 9.17) is 5.84 Å². The number of aromatic nitrogens is 1. The standard InChI is InChI=1S/C12H20N4O/c1-4-5-8(2)15-12(17)10-7-14-9(3)6-11(10)16-13/h6-8H,4-5,13H2,1-3H3,(H,14,16)(H,15,17). The molecule has 0 aliphatic heterocycles. The zero-order valence-electron chi connectivity index (χ0n) is 10.6. The SMILES string of the molecule is CCCC(C)NC(=O)c1cnc(C)cc1NN. The fraction of sp³-hybridized carbons (Fsp3) is 0.500. The Morgan fingerprint density at radius 2 is 2.29 bits per heavy atom. The smallest absolute Gasteiger partial charge is 0.255 e. The highest BCUT2D eigenvalue weighted by Crippen LogP contribution is 2.14. The normalized spacial score (nSPS) is 12.0. The van der Waals surface area contributed by atoms with E-state index in [1.165, 1.54) is 0 Å². The molecule has 0 saturated carbocycles. The van der Waals surface area contributed by atoms with Gasteiger partial charge in [-0.25, -0.2) is 0 Å². The van der Waals surface area contributed by atoms with Gasteiger partial charge in [0.2, 0.25) is 0 Å². The molecule has 1 heterocycles. The van der Waals surface area contributed by atoms with Crippen LogP contribution in [0.5, 0.6) is 0 Å². The highest BCUT2D eigenvalue weighted by Gasteiger charge is 2.13. The van der Waals surface area contributed by atoms with E-state index in [1.54, 1.807) is 12.3 Å². The minimum absolute atomic E-state index is 0.147. The highest BCUT2D eigenvalue weighted by molar-refractivity contribution is 5.99. The maximum atomic E-state index is 12.0. The lowest BCUT2D eigenvalue weighted by Gasteiger charge is -2.14. The number of nitrogens with zero attached hydrogens (tertiary/aromatic N) is 1. The van der Waals surface area contributed by atoms with E-state index in [0.29, 0.717) is 11.3 Å². The Morgan fingerprint density at radius 1 is 1.59 bits per heavy atom. The van der Waals surface area contributed by atoms with E-state index in [9.17, 15) is 4.79 Å². The molecular formula is C12H20N4O. The molecule has 1 rings (SSSR count). The fourth-order valence-corrected chi connectivity index (χ4v) is 1.67. The van der Waals surface area contributed by atoms with Crippen LogP contribution in [-0.4, -0.2) is 16.9 Å². The maximum absolute atomic E-state index is 12.0. The van der Waals surface area contributed by atoms with Gasteiger partial charge < -0.3 is 10.7 Å². The van der Waals surface area contributed by atoms with Crippen LogP contribution in [0.25, 0.3) is 0 Å². The van der Waals surface area contributed by atoms with Crippen molar-refractivity contribution in [3.63, 3.8) is 0 Å². The third-order valence-electron chi connectivity index (χ3n) is 2.54. The number of hydrazine groups is 1. The largest absolute Gasteiger partial charge is 0.349 e. The zero-order valence-corrected chi connectivity index (χ0v) is 10.6. The molecule has 5 nitrogen and oxygen atoms in total. The number of nitrogens with two attached hydrogens (primary N) is 1. The van der Waals surface area contributed by atoms with E-state index >= 15 is 0 Å². The molecule has 0 fully saturated rings. The molecule has 0 aliphatic rings. The quantitative estimate of drug-likeness (QED) is 0.536. The molecule has 0 radical (unpaired) electrons. The number of carbonyl (C=O) groups is 1. The van der Waals surface area contributed by atoms with Crippen LogP contribution in [0.15, 0.2) is 12.3 Å². The van der Waals surface area contributed by atoms with Crippen molar-refractivity contribution in [2.24, 2.45) is 5.84 Å². The van der Waals surface area contributed by atoms with Crippen molar-refractivity contribution in [3.8, 4) is 0 Å². The first-order valence-electron chi connectivity index (χ1n) is 5.82. The van der Waals surface area contributed by atoms with Crippen molar-refractivity contribution in [3.05, 3.63) is 23.5 Å². The van der Waals surface area contributed by atoms with Crippen LogP contribution in [0, 0.1) is 6.92 Å². The van der Waals surface area contributed by atoms with Crippen LogP contribution in [0.3, 0.4) is 0 Å². The van der Waals surface area contributed by atoms with Crippen LogP contribution in [-0.2, 0) is 0 Å². The summed E-state index contributed by atoms with van der Waals surface area (Å²) in [5, 5.41) is 2.92. The fourth-order valence-electron chi connectivity index (χ4n) is 1.67. The van der Waals surface area contributed by atoms with Gasteiger partial charge in [0.25, 0.3) is 5.91 Å². The summed E-state index contributed by atoms with van der Waals surface area (Å²) >= 11 is 0. The molecule has 1 amide bonds. The molecule has 0 aliphatic carbocycles. The number of nitrogens with one attached hydrogen (secondary N) is 2. The molecule has 1 unspecified atom stereocenters. The summed E-state index contributed by atoms with van der Waals surface area (Å²) in [6.07, 6.45) is 3.53. The second-order valence-corrected chi connectivity index (χ2v) is 4.18. The van der Waals surface area contributed by atoms with Crippen LogP contribution in [0.1, 0.15) is 42.7 Å². The van der Waals surface area contributed by atoms with Crippen LogP contribution >= 0.6 is 0 Å². The third-order valence-corrected chi connectivity index (χ3v) is 2.54. The average molecular weight is 236 g/mol. The molecule has 0 spiro atoms. The summed E-state index contributed by atoms with van der Waals surface area (Å²) in [6, 6.07) is 1.90. The minimum atomic E-state index is -0.147. The molecule has 0 aromatic carbocycles. The number of hydrogen-bond donors (Lipinski definition) is 3. The van der Waals surface area contributed by atoms with Crippen molar-refractivity contribution < 1.29 is 4.79 Å². The molecule has 17 heavy (non-hydrogen) atoms. The summed E-state index contributed by atoms with van der Waals surface area (Å²) in [6.45, 7) is 5.92. The molecule has 94 valence electrons. The lowest BCUT2D eigenvalue weighted by molar-refractivity contribution is 0.0938. The van der Waals surface area contributed by atoms with Crippen molar-refractivity contribution in [2.45, 2.75) is 39.7 Å². The topological polar surface area (TPSA) is 80.0 Å². The van der Waals surface area contributed by atoms with Gasteiger partial charge in [0.1, 0.15) is 0 Å². The minimum Gasteiger partial charge on any atom is -0.349 e.